The molecule has 0 N–H and O–H groups in total. The molecule has 0 radical (unpaired) electrons. The summed E-state index contributed by atoms with van der Waals surface area (Å²) in [6.07, 6.45) is 0.354. The molecule has 0 fully saturated rings. The lowest BCUT2D eigenvalue weighted by atomic mass is 10.0. The van der Waals surface area contributed by atoms with Crippen molar-refractivity contribution in [2.45, 2.75) is 0 Å². The van der Waals surface area contributed by atoms with Crippen LogP contribution in [0.5, 0.6) is 0 Å². The first-order chi connectivity index (χ1) is 7.13. The largest absolute Gasteiger partial charge is 0.298 e. The molecule has 0 unspecified atom stereocenters. The van der Waals surface area contributed by atoms with E-state index in [-0.39, 0.29) is 27.8 Å². The van der Waals surface area contributed by atoms with E-state index in [0.717, 1.165) is 6.07 Å². The van der Waals surface area contributed by atoms with Crippen molar-refractivity contribution in [3.63, 3.8) is 0 Å². The first-order valence-electron chi connectivity index (χ1n) is 3.92. The third-order valence-electron chi connectivity index (χ3n) is 1.80. The normalized spacial score (nSPS) is 9.40. The molecular formula is C10H5BrFNO2. The van der Waals surface area contributed by atoms with Gasteiger partial charge in [0.05, 0.1) is 10.9 Å². The van der Waals surface area contributed by atoms with Crippen LogP contribution < -0.4 is 0 Å². The van der Waals surface area contributed by atoms with Crippen LogP contribution in [0.3, 0.4) is 0 Å². The van der Waals surface area contributed by atoms with E-state index in [1.54, 1.807) is 6.07 Å². The van der Waals surface area contributed by atoms with E-state index in [1.165, 1.54) is 6.07 Å². The van der Waals surface area contributed by atoms with Crippen molar-refractivity contribution in [3.05, 3.63) is 34.6 Å². The number of Topliss-reactive ketones (excluding diaryl/α,β-unsaturated/α-hetero) is 1. The van der Waals surface area contributed by atoms with Crippen molar-refractivity contribution >= 4 is 28.0 Å². The fourth-order valence-corrected chi connectivity index (χ4v) is 1.40. The van der Waals surface area contributed by atoms with E-state index in [2.05, 4.69) is 15.9 Å². The number of benzene rings is 1. The summed E-state index contributed by atoms with van der Waals surface area (Å²) >= 11 is 2.93. The maximum absolute atomic E-state index is 13.2. The second-order valence-electron chi connectivity index (χ2n) is 2.71. The third kappa shape index (κ3) is 2.28. The third-order valence-corrected chi connectivity index (χ3v) is 2.31. The molecule has 0 aliphatic rings. The van der Waals surface area contributed by atoms with Gasteiger partial charge in [-0.25, -0.2) is 4.39 Å². The summed E-state index contributed by atoms with van der Waals surface area (Å²) in [7, 11) is 0. The second kappa shape index (κ2) is 4.80. The molecule has 0 spiro atoms. The van der Waals surface area contributed by atoms with Crippen molar-refractivity contribution in [1.82, 2.24) is 0 Å². The molecule has 0 saturated carbocycles. The zero-order valence-electron chi connectivity index (χ0n) is 7.46. The van der Waals surface area contributed by atoms with Crippen molar-refractivity contribution < 1.29 is 14.0 Å². The number of alkyl halides is 1. The Hall–Kier alpha value is -1.54. The van der Waals surface area contributed by atoms with Gasteiger partial charge in [-0.1, -0.05) is 15.9 Å². The number of halogens is 2. The van der Waals surface area contributed by atoms with Crippen LogP contribution in [0, 0.1) is 17.1 Å². The highest BCUT2D eigenvalue weighted by Gasteiger charge is 2.13. The van der Waals surface area contributed by atoms with Crippen LogP contribution >= 0.6 is 15.9 Å². The minimum Gasteiger partial charge on any atom is -0.298 e. The number of ketones is 1. The van der Waals surface area contributed by atoms with Crippen LogP contribution in [-0.2, 0) is 0 Å². The van der Waals surface area contributed by atoms with E-state index in [4.69, 9.17) is 5.26 Å². The lowest BCUT2D eigenvalue weighted by Crippen LogP contribution is -2.04. The van der Waals surface area contributed by atoms with Gasteiger partial charge in [-0.3, -0.25) is 9.59 Å². The molecule has 1 aromatic carbocycles. The molecule has 0 aliphatic carbocycles. The van der Waals surface area contributed by atoms with Crippen LogP contribution in [0.15, 0.2) is 12.1 Å². The summed E-state index contributed by atoms with van der Waals surface area (Å²) in [6, 6.07) is 3.73. The van der Waals surface area contributed by atoms with Crippen LogP contribution in [0.2, 0.25) is 0 Å². The van der Waals surface area contributed by atoms with Gasteiger partial charge in [-0.15, -0.1) is 0 Å². The monoisotopic (exact) mass is 269 g/mol. The Labute approximate surface area is 93.6 Å². The molecule has 3 nitrogen and oxygen atoms in total. The van der Waals surface area contributed by atoms with Gasteiger partial charge in [-0.2, -0.15) is 5.26 Å². The molecule has 15 heavy (non-hydrogen) atoms. The van der Waals surface area contributed by atoms with Gasteiger partial charge in [-0.05, 0) is 12.1 Å². The van der Waals surface area contributed by atoms with Crippen molar-refractivity contribution in [2.75, 3.05) is 5.33 Å². The summed E-state index contributed by atoms with van der Waals surface area (Å²) in [5, 5.41) is 8.61. The highest BCUT2D eigenvalue weighted by atomic mass is 79.9. The molecule has 1 rings (SSSR count). The van der Waals surface area contributed by atoms with Crippen LogP contribution in [0.25, 0.3) is 0 Å². The molecule has 0 aromatic heterocycles. The Kier molecular flexibility index (Phi) is 3.69. The van der Waals surface area contributed by atoms with Gasteiger partial charge in [0.2, 0.25) is 0 Å². The highest BCUT2D eigenvalue weighted by molar-refractivity contribution is 9.09. The van der Waals surface area contributed by atoms with Gasteiger partial charge >= 0.3 is 0 Å². The van der Waals surface area contributed by atoms with Gasteiger partial charge in [0.1, 0.15) is 11.9 Å². The molecular weight excluding hydrogens is 265 g/mol. The average Bonchev–Trinajstić information content (AvgIpc) is 2.26. The maximum Gasteiger partial charge on any atom is 0.173 e. The molecule has 5 heteroatoms. The zero-order chi connectivity index (χ0) is 11.4. The Bertz CT molecular complexity index is 465. The Balaban J connectivity index is 3.39. The molecule has 0 atom stereocenters. The number of nitrogens with zero attached hydrogens (tertiary/aromatic N) is 1. The quantitative estimate of drug-likeness (QED) is 0.480. The fraction of sp³-hybridized carbons (Fsp3) is 0.100. The Morgan fingerprint density at radius 2 is 2.27 bits per heavy atom. The predicted octanol–water partition coefficient (Wildman–Crippen LogP) is 2.09. The van der Waals surface area contributed by atoms with Crippen molar-refractivity contribution in [2.24, 2.45) is 0 Å². The summed E-state index contributed by atoms with van der Waals surface area (Å²) in [6.45, 7) is 0. The first-order valence-corrected chi connectivity index (χ1v) is 5.04. The van der Waals surface area contributed by atoms with Gasteiger partial charge in [0.25, 0.3) is 0 Å². The lowest BCUT2D eigenvalue weighted by molar-refractivity contribution is 0.102. The minimum absolute atomic E-state index is 0.0383. The number of carbonyl (C=O) groups excluding carboxylic acids is 2. The van der Waals surface area contributed by atoms with Gasteiger partial charge in [0.15, 0.2) is 12.1 Å². The van der Waals surface area contributed by atoms with E-state index in [1.807, 2.05) is 0 Å². The first kappa shape index (κ1) is 11.5. The highest BCUT2D eigenvalue weighted by Crippen LogP contribution is 2.15. The number of aldehydes is 1. The van der Waals surface area contributed by atoms with Gasteiger partial charge < -0.3 is 0 Å². The molecule has 0 heterocycles. The second-order valence-corrected chi connectivity index (χ2v) is 3.27. The lowest BCUT2D eigenvalue weighted by Gasteiger charge is -2.01. The number of carbonyl (C=O) groups is 2. The van der Waals surface area contributed by atoms with E-state index >= 15 is 0 Å². The molecule has 0 bridgehead atoms. The number of hydrogen-bond donors (Lipinski definition) is 0. The molecule has 0 amide bonds. The Morgan fingerprint density at radius 1 is 1.60 bits per heavy atom. The molecule has 76 valence electrons. The molecule has 1 aromatic rings. The van der Waals surface area contributed by atoms with E-state index in [0.29, 0.717) is 6.29 Å². The van der Waals surface area contributed by atoms with Crippen LogP contribution in [0.4, 0.5) is 4.39 Å². The summed E-state index contributed by atoms with van der Waals surface area (Å²) in [5.74, 6) is -1.20. The number of hydrogen-bond acceptors (Lipinski definition) is 3. The smallest absolute Gasteiger partial charge is 0.173 e. The number of nitriles is 1. The van der Waals surface area contributed by atoms with Crippen LogP contribution in [-0.4, -0.2) is 17.4 Å². The van der Waals surface area contributed by atoms with Crippen LogP contribution in [0.1, 0.15) is 26.3 Å². The minimum atomic E-state index is -0.855. The summed E-state index contributed by atoms with van der Waals surface area (Å²) < 4.78 is 13.2. The van der Waals surface area contributed by atoms with E-state index in [9.17, 15) is 14.0 Å². The molecule has 0 saturated heterocycles. The SMILES string of the molecule is N#Cc1c(F)cc(C(=O)CBr)cc1C=O. The van der Waals surface area contributed by atoms with E-state index < -0.39 is 5.82 Å². The molecule has 0 aliphatic heterocycles. The topological polar surface area (TPSA) is 57.9 Å². The standard InChI is InChI=1S/C10H5BrFNO2/c11-3-10(15)6-1-7(5-14)8(4-13)9(12)2-6/h1-2,5H,3H2. The summed E-state index contributed by atoms with van der Waals surface area (Å²) in [4.78, 5) is 21.8. The summed E-state index contributed by atoms with van der Waals surface area (Å²) in [5.41, 5.74) is -0.372. The zero-order valence-corrected chi connectivity index (χ0v) is 9.04. The fourth-order valence-electron chi connectivity index (χ4n) is 1.08. The van der Waals surface area contributed by atoms with Gasteiger partial charge in [0, 0.05) is 11.1 Å². The van der Waals surface area contributed by atoms with Crippen molar-refractivity contribution in [3.8, 4) is 6.07 Å². The predicted molar refractivity (Wildman–Crippen MR) is 54.6 cm³/mol. The number of rotatable bonds is 3. The average molecular weight is 270 g/mol. The Morgan fingerprint density at radius 3 is 2.73 bits per heavy atom. The van der Waals surface area contributed by atoms with Crippen molar-refractivity contribution in [1.29, 1.82) is 5.26 Å². The maximum atomic E-state index is 13.2.